The molecule has 16 heavy (non-hydrogen) atoms. The van der Waals surface area contributed by atoms with E-state index < -0.39 is 0 Å². The van der Waals surface area contributed by atoms with Gasteiger partial charge in [-0.3, -0.25) is 0 Å². The van der Waals surface area contributed by atoms with Crippen molar-refractivity contribution in [3.63, 3.8) is 0 Å². The van der Waals surface area contributed by atoms with Crippen LogP contribution >= 0.6 is 28.3 Å². The van der Waals surface area contributed by atoms with Crippen LogP contribution in [0.5, 0.6) is 5.75 Å². The predicted octanol–water partition coefficient (Wildman–Crippen LogP) is 4.01. The van der Waals surface area contributed by atoms with E-state index >= 15 is 0 Å². The van der Waals surface area contributed by atoms with Crippen LogP contribution in [0.2, 0.25) is 0 Å². The largest absolute Gasteiger partial charge is 0.508 e. The molecule has 1 rings (SSSR count). The maximum absolute atomic E-state index is 9.39. The summed E-state index contributed by atoms with van der Waals surface area (Å²) in [5.74, 6) is 0.931. The van der Waals surface area contributed by atoms with E-state index in [9.17, 15) is 5.11 Å². The molecule has 0 saturated carbocycles. The van der Waals surface area contributed by atoms with Crippen molar-refractivity contribution in [2.45, 2.75) is 32.7 Å². The average Bonchev–Trinajstić information content (AvgIpc) is 2.18. The molecule has 1 aromatic carbocycles. The third kappa shape index (κ3) is 4.73. The Labute approximate surface area is 112 Å². The van der Waals surface area contributed by atoms with Crippen LogP contribution < -0.4 is 5.73 Å². The molecule has 1 atom stereocenters. The first-order valence-corrected chi connectivity index (χ1v) is 6.04. The van der Waals surface area contributed by atoms with Crippen LogP contribution in [0.1, 0.15) is 38.3 Å². The molecule has 0 spiro atoms. The molecule has 2 nitrogen and oxygen atoms in total. The van der Waals surface area contributed by atoms with Crippen molar-refractivity contribution in [2.75, 3.05) is 0 Å². The molecule has 0 unspecified atom stereocenters. The van der Waals surface area contributed by atoms with E-state index in [2.05, 4.69) is 29.8 Å². The number of phenolic OH excluding ortho intramolecular Hbond substituents is 1. The second kappa shape index (κ2) is 7.15. The summed E-state index contributed by atoms with van der Waals surface area (Å²) in [6.45, 7) is 4.37. The topological polar surface area (TPSA) is 46.2 Å². The Morgan fingerprint density at radius 3 is 2.50 bits per heavy atom. The van der Waals surface area contributed by atoms with Gasteiger partial charge in [0.2, 0.25) is 0 Å². The van der Waals surface area contributed by atoms with Gasteiger partial charge < -0.3 is 10.8 Å². The maximum atomic E-state index is 9.39. The number of rotatable bonds is 4. The minimum Gasteiger partial charge on any atom is -0.508 e. The summed E-state index contributed by atoms with van der Waals surface area (Å²) >= 11 is 3.45. The van der Waals surface area contributed by atoms with Gasteiger partial charge in [-0.25, -0.2) is 0 Å². The molecule has 92 valence electrons. The summed E-state index contributed by atoms with van der Waals surface area (Å²) in [5.41, 5.74) is 7.05. The maximum Gasteiger partial charge on any atom is 0.115 e. The lowest BCUT2D eigenvalue weighted by molar-refractivity contribution is 0.470. The Morgan fingerprint density at radius 1 is 1.31 bits per heavy atom. The summed E-state index contributed by atoms with van der Waals surface area (Å²) < 4.78 is 0.969. The zero-order valence-corrected chi connectivity index (χ0v) is 12.0. The number of halogens is 2. The zero-order valence-electron chi connectivity index (χ0n) is 9.61. The smallest absolute Gasteiger partial charge is 0.115 e. The van der Waals surface area contributed by atoms with E-state index in [0.29, 0.717) is 5.92 Å². The minimum atomic E-state index is -0.00567. The summed E-state index contributed by atoms with van der Waals surface area (Å²) in [5, 5.41) is 9.39. The molecule has 4 heteroatoms. The average molecular weight is 309 g/mol. The van der Waals surface area contributed by atoms with Crippen LogP contribution in [-0.4, -0.2) is 5.11 Å². The van der Waals surface area contributed by atoms with Crippen LogP contribution in [-0.2, 0) is 0 Å². The Hall–Kier alpha value is -0.250. The molecule has 1 aromatic rings. The van der Waals surface area contributed by atoms with Crippen LogP contribution in [0.4, 0.5) is 0 Å². The van der Waals surface area contributed by atoms with E-state index in [1.54, 1.807) is 12.1 Å². The van der Waals surface area contributed by atoms with Crippen molar-refractivity contribution in [1.82, 2.24) is 0 Å². The lowest BCUT2D eigenvalue weighted by atomic mass is 9.98. The standard InChI is InChI=1S/C12H18BrNO.ClH/c1-8(2)3-6-12(14)10-7-9(15)4-5-11(10)13;/h4-5,7-8,12,15H,3,6,14H2,1-2H3;1H/t12-;/m1./s1. The molecule has 0 saturated heterocycles. The predicted molar refractivity (Wildman–Crippen MR) is 74.1 cm³/mol. The van der Waals surface area contributed by atoms with Gasteiger partial charge in [-0.1, -0.05) is 29.8 Å². The van der Waals surface area contributed by atoms with Gasteiger partial charge in [-0.15, -0.1) is 12.4 Å². The summed E-state index contributed by atoms with van der Waals surface area (Å²) in [7, 11) is 0. The first kappa shape index (κ1) is 15.8. The van der Waals surface area contributed by atoms with Gasteiger partial charge in [0.25, 0.3) is 0 Å². The highest BCUT2D eigenvalue weighted by Crippen LogP contribution is 2.28. The third-order valence-corrected chi connectivity index (χ3v) is 3.16. The highest BCUT2D eigenvalue weighted by atomic mass is 79.9. The normalized spacial score (nSPS) is 12.3. The van der Waals surface area contributed by atoms with Crippen molar-refractivity contribution in [1.29, 1.82) is 0 Å². The fraction of sp³-hybridized carbons (Fsp3) is 0.500. The number of hydrogen-bond acceptors (Lipinski definition) is 2. The number of hydrogen-bond donors (Lipinski definition) is 2. The second-order valence-corrected chi connectivity index (χ2v) is 5.14. The van der Waals surface area contributed by atoms with Crippen molar-refractivity contribution in [2.24, 2.45) is 11.7 Å². The number of aromatic hydroxyl groups is 1. The Balaban J connectivity index is 0.00000225. The Kier molecular flexibility index (Phi) is 7.04. The molecule has 0 aliphatic rings. The monoisotopic (exact) mass is 307 g/mol. The third-order valence-electron chi connectivity index (χ3n) is 2.43. The Bertz CT molecular complexity index is 331. The molecule has 0 fully saturated rings. The highest BCUT2D eigenvalue weighted by molar-refractivity contribution is 9.10. The molecule has 0 amide bonds. The van der Waals surface area contributed by atoms with Crippen LogP contribution in [0, 0.1) is 5.92 Å². The Morgan fingerprint density at radius 2 is 1.94 bits per heavy atom. The van der Waals surface area contributed by atoms with Gasteiger partial charge in [-0.2, -0.15) is 0 Å². The SMILES string of the molecule is CC(C)CC[C@@H](N)c1cc(O)ccc1Br.Cl. The molecule has 0 aromatic heterocycles. The van der Waals surface area contributed by atoms with E-state index in [4.69, 9.17) is 5.73 Å². The lowest BCUT2D eigenvalue weighted by Crippen LogP contribution is -2.11. The fourth-order valence-electron chi connectivity index (χ4n) is 1.48. The first-order valence-electron chi connectivity index (χ1n) is 5.24. The number of nitrogens with two attached hydrogens (primary N) is 1. The summed E-state index contributed by atoms with van der Waals surface area (Å²) in [6, 6.07) is 5.21. The van der Waals surface area contributed by atoms with Crippen molar-refractivity contribution < 1.29 is 5.11 Å². The van der Waals surface area contributed by atoms with Gasteiger partial charge in [0.15, 0.2) is 0 Å². The van der Waals surface area contributed by atoms with Crippen LogP contribution in [0.15, 0.2) is 22.7 Å². The molecule has 0 radical (unpaired) electrons. The van der Waals surface area contributed by atoms with Crippen LogP contribution in [0.25, 0.3) is 0 Å². The van der Waals surface area contributed by atoms with Gasteiger partial charge in [0, 0.05) is 10.5 Å². The molecule has 3 N–H and O–H groups in total. The van der Waals surface area contributed by atoms with Gasteiger partial charge in [0.1, 0.15) is 5.75 Å². The molecule has 0 heterocycles. The number of benzene rings is 1. The van der Waals surface area contributed by atoms with Gasteiger partial charge >= 0.3 is 0 Å². The summed E-state index contributed by atoms with van der Waals surface area (Å²) in [4.78, 5) is 0. The van der Waals surface area contributed by atoms with Gasteiger partial charge in [-0.05, 0) is 42.5 Å². The molecular formula is C12H19BrClNO. The molecule has 0 aliphatic heterocycles. The quantitative estimate of drug-likeness (QED) is 0.882. The van der Waals surface area contributed by atoms with E-state index in [1.165, 1.54) is 0 Å². The van der Waals surface area contributed by atoms with Crippen molar-refractivity contribution >= 4 is 28.3 Å². The fourth-order valence-corrected chi connectivity index (χ4v) is 2.02. The van der Waals surface area contributed by atoms with E-state index in [1.807, 2.05) is 6.07 Å². The highest BCUT2D eigenvalue weighted by Gasteiger charge is 2.11. The minimum absolute atomic E-state index is 0. The second-order valence-electron chi connectivity index (χ2n) is 4.28. The van der Waals surface area contributed by atoms with Crippen LogP contribution in [0.3, 0.4) is 0 Å². The number of phenols is 1. The van der Waals surface area contributed by atoms with Gasteiger partial charge in [0.05, 0.1) is 0 Å². The lowest BCUT2D eigenvalue weighted by Gasteiger charge is -2.15. The van der Waals surface area contributed by atoms with E-state index in [-0.39, 0.29) is 24.2 Å². The summed E-state index contributed by atoms with van der Waals surface area (Å²) in [6.07, 6.45) is 2.04. The molecular weight excluding hydrogens is 289 g/mol. The van der Waals surface area contributed by atoms with Crippen molar-refractivity contribution in [3.8, 4) is 5.75 Å². The zero-order chi connectivity index (χ0) is 11.4. The molecule has 0 bridgehead atoms. The first-order chi connectivity index (χ1) is 7.00. The van der Waals surface area contributed by atoms with Crippen molar-refractivity contribution in [3.05, 3.63) is 28.2 Å². The van der Waals surface area contributed by atoms with E-state index in [0.717, 1.165) is 22.9 Å². The molecule has 0 aliphatic carbocycles.